The van der Waals surface area contributed by atoms with Crippen LogP contribution in [0.1, 0.15) is 34.5 Å². The number of piperidine rings is 1. The van der Waals surface area contributed by atoms with E-state index in [1.54, 1.807) is 29.8 Å². The highest BCUT2D eigenvalue weighted by Gasteiger charge is 2.48. The van der Waals surface area contributed by atoms with Gasteiger partial charge in [0.1, 0.15) is 10.8 Å². The number of aromatic nitrogens is 5. The number of hydrogen-bond acceptors (Lipinski definition) is 10. The largest absolute Gasteiger partial charge is 0.382 e. The lowest BCUT2D eigenvalue weighted by Gasteiger charge is -2.41. The van der Waals surface area contributed by atoms with Gasteiger partial charge in [0.25, 0.3) is 0 Å². The summed E-state index contributed by atoms with van der Waals surface area (Å²) < 4.78 is 0. The number of halogens is 1. The summed E-state index contributed by atoms with van der Waals surface area (Å²) in [5, 5.41) is 10.8. The summed E-state index contributed by atoms with van der Waals surface area (Å²) >= 11 is 9.31. The number of rotatable bonds is 3. The quantitative estimate of drug-likeness (QED) is 0.606. The second kappa shape index (κ2) is 7.60. The Morgan fingerprint density at radius 1 is 1.27 bits per heavy atom. The number of pyridine rings is 1. The molecule has 1 fully saturated rings. The van der Waals surface area contributed by atoms with Crippen LogP contribution in [0.15, 0.2) is 28.4 Å². The monoisotopic (exact) mass is 460 g/mol. The summed E-state index contributed by atoms with van der Waals surface area (Å²) in [6.45, 7) is 3.78. The van der Waals surface area contributed by atoms with E-state index in [4.69, 9.17) is 28.1 Å². The average Bonchev–Trinajstić information content (AvgIpc) is 3.22. The second-order valence-electron chi connectivity index (χ2n) is 7.75. The molecule has 8 nitrogen and oxygen atoms in total. The van der Waals surface area contributed by atoms with Gasteiger partial charge in [-0.25, -0.2) is 15.0 Å². The predicted molar refractivity (Wildman–Crippen MR) is 119 cm³/mol. The van der Waals surface area contributed by atoms with E-state index in [1.807, 2.05) is 0 Å². The van der Waals surface area contributed by atoms with Crippen molar-refractivity contribution >= 4 is 46.5 Å². The van der Waals surface area contributed by atoms with E-state index < -0.39 is 0 Å². The van der Waals surface area contributed by atoms with E-state index in [0.717, 1.165) is 42.3 Å². The SMILES string of the molecule is Cc1nc2c(s1)[C@H](N)C1(CCN(c3ncc(Sc4ccnc(N)c4Cl)nn3)CC1)C2. The zero-order chi connectivity index (χ0) is 20.9. The van der Waals surface area contributed by atoms with Crippen molar-refractivity contribution in [2.24, 2.45) is 11.1 Å². The van der Waals surface area contributed by atoms with Gasteiger partial charge >= 0.3 is 0 Å². The first kappa shape index (κ1) is 19.9. The summed E-state index contributed by atoms with van der Waals surface area (Å²) in [7, 11) is 0. The summed E-state index contributed by atoms with van der Waals surface area (Å²) in [4.78, 5) is 17.4. The summed E-state index contributed by atoms with van der Waals surface area (Å²) in [5.74, 6) is 0.941. The smallest absolute Gasteiger partial charge is 0.245 e. The zero-order valence-electron chi connectivity index (χ0n) is 16.4. The maximum Gasteiger partial charge on any atom is 0.245 e. The van der Waals surface area contributed by atoms with E-state index in [1.165, 1.54) is 22.3 Å². The summed E-state index contributed by atoms with van der Waals surface area (Å²) in [6.07, 6.45) is 6.32. The van der Waals surface area contributed by atoms with Crippen LogP contribution in [-0.2, 0) is 6.42 Å². The molecule has 0 amide bonds. The maximum absolute atomic E-state index is 6.65. The van der Waals surface area contributed by atoms with Crippen LogP contribution in [0, 0.1) is 12.3 Å². The number of thiazole rings is 1. The fourth-order valence-electron chi connectivity index (χ4n) is 4.30. The molecular formula is C19H21ClN8S2. The molecule has 0 radical (unpaired) electrons. The molecule has 1 saturated heterocycles. The van der Waals surface area contributed by atoms with E-state index >= 15 is 0 Å². The highest BCUT2D eigenvalue weighted by Crippen LogP contribution is 2.52. The highest BCUT2D eigenvalue weighted by molar-refractivity contribution is 7.99. The lowest BCUT2D eigenvalue weighted by Crippen LogP contribution is -2.45. The van der Waals surface area contributed by atoms with Crippen molar-refractivity contribution in [3.63, 3.8) is 0 Å². The minimum atomic E-state index is 0.0798. The molecule has 4 heterocycles. The van der Waals surface area contributed by atoms with Gasteiger partial charge in [0, 0.05) is 35.1 Å². The van der Waals surface area contributed by atoms with E-state index in [2.05, 4.69) is 32.0 Å². The molecule has 156 valence electrons. The Morgan fingerprint density at radius 3 is 2.77 bits per heavy atom. The second-order valence-corrected chi connectivity index (χ2v) is 10.4. The Bertz CT molecular complexity index is 1080. The first-order chi connectivity index (χ1) is 14.4. The van der Waals surface area contributed by atoms with E-state index in [-0.39, 0.29) is 11.5 Å². The van der Waals surface area contributed by atoms with E-state index in [0.29, 0.717) is 21.8 Å². The predicted octanol–water partition coefficient (Wildman–Crippen LogP) is 3.26. The number of aryl methyl sites for hydroxylation is 1. The molecule has 4 N–H and O–H groups in total. The normalized spacial score (nSPS) is 20.0. The lowest BCUT2D eigenvalue weighted by atomic mass is 9.74. The Balaban J connectivity index is 1.25. The van der Waals surface area contributed by atoms with Crippen LogP contribution >= 0.6 is 34.7 Å². The molecular weight excluding hydrogens is 440 g/mol. The van der Waals surface area contributed by atoms with E-state index in [9.17, 15) is 0 Å². The molecule has 1 atom stereocenters. The molecule has 5 rings (SSSR count). The molecule has 0 bridgehead atoms. The summed E-state index contributed by atoms with van der Waals surface area (Å²) in [5.41, 5.74) is 13.7. The number of nitrogens with zero attached hydrogens (tertiary/aromatic N) is 6. The van der Waals surface area contributed by atoms with Crippen LogP contribution in [0.5, 0.6) is 0 Å². The number of hydrogen-bond donors (Lipinski definition) is 2. The van der Waals surface area contributed by atoms with Crippen molar-refractivity contribution in [2.45, 2.75) is 42.1 Å². The fourth-order valence-corrected chi connectivity index (χ4v) is 6.35. The Hall–Kier alpha value is -2.01. The highest BCUT2D eigenvalue weighted by atomic mass is 35.5. The topological polar surface area (TPSA) is 120 Å². The maximum atomic E-state index is 6.65. The fraction of sp³-hybridized carbons (Fsp3) is 0.421. The number of anilines is 2. The molecule has 1 aliphatic heterocycles. The van der Waals surface area contributed by atoms with Crippen molar-refractivity contribution in [3.8, 4) is 0 Å². The molecule has 0 aromatic carbocycles. The van der Waals surface area contributed by atoms with Gasteiger partial charge in [-0.15, -0.1) is 21.5 Å². The van der Waals surface area contributed by atoms with Crippen LogP contribution < -0.4 is 16.4 Å². The first-order valence-electron chi connectivity index (χ1n) is 9.69. The average molecular weight is 461 g/mol. The van der Waals surface area contributed by atoms with Crippen LogP contribution in [0.2, 0.25) is 5.02 Å². The minimum absolute atomic E-state index is 0.0798. The molecule has 0 saturated carbocycles. The molecule has 3 aromatic heterocycles. The number of nitrogen functional groups attached to an aromatic ring is 1. The van der Waals surface area contributed by atoms with Gasteiger partial charge in [0.15, 0.2) is 0 Å². The van der Waals surface area contributed by atoms with Gasteiger partial charge in [-0.1, -0.05) is 23.4 Å². The number of nitrogens with two attached hydrogens (primary N) is 2. The lowest BCUT2D eigenvalue weighted by molar-refractivity contribution is 0.187. The van der Waals surface area contributed by atoms with Crippen molar-refractivity contribution in [1.82, 2.24) is 25.1 Å². The molecule has 0 unspecified atom stereocenters. The molecule has 1 spiro atoms. The van der Waals surface area contributed by atoms with Crippen molar-refractivity contribution < 1.29 is 0 Å². The van der Waals surface area contributed by atoms with Crippen molar-refractivity contribution in [2.75, 3.05) is 23.7 Å². The molecule has 30 heavy (non-hydrogen) atoms. The molecule has 3 aromatic rings. The Labute approximate surface area is 187 Å². The van der Waals surface area contributed by atoms with Crippen LogP contribution in [0.4, 0.5) is 11.8 Å². The van der Waals surface area contributed by atoms with Crippen molar-refractivity contribution in [1.29, 1.82) is 0 Å². The molecule has 11 heteroatoms. The van der Waals surface area contributed by atoms with Crippen molar-refractivity contribution in [3.05, 3.63) is 39.1 Å². The van der Waals surface area contributed by atoms with Gasteiger partial charge in [0.05, 0.1) is 21.9 Å². The third-order valence-corrected chi connectivity index (χ3v) is 8.52. The van der Waals surface area contributed by atoms with Crippen LogP contribution in [0.3, 0.4) is 0 Å². The van der Waals surface area contributed by atoms with Gasteiger partial charge in [-0.3, -0.25) is 0 Å². The Morgan fingerprint density at radius 2 is 2.07 bits per heavy atom. The molecule has 2 aliphatic rings. The van der Waals surface area contributed by atoms with Gasteiger partial charge < -0.3 is 16.4 Å². The number of fused-ring (bicyclic) bond motifs is 1. The third kappa shape index (κ3) is 3.41. The van der Waals surface area contributed by atoms with Gasteiger partial charge in [0.2, 0.25) is 5.95 Å². The minimum Gasteiger partial charge on any atom is -0.382 e. The molecule has 1 aliphatic carbocycles. The zero-order valence-corrected chi connectivity index (χ0v) is 18.8. The third-order valence-electron chi connectivity index (χ3n) is 5.96. The summed E-state index contributed by atoms with van der Waals surface area (Å²) in [6, 6.07) is 1.87. The standard InChI is InChI=1S/C19H21ClN8S2/c1-10-25-11-8-19(16(21)15(11)29-10)3-6-28(7-4-19)18-24-9-13(26-27-18)30-12-2-5-23-17(22)14(12)20/h2,5,9,16H,3-4,6-8,21H2,1H3,(H2,22,23)/t16-/m0/s1. The Kier molecular flexibility index (Phi) is 5.04. The van der Waals surface area contributed by atoms with Gasteiger partial charge in [-0.05, 0) is 37.7 Å². The first-order valence-corrected chi connectivity index (χ1v) is 11.7. The van der Waals surface area contributed by atoms with Crippen LogP contribution in [-0.4, -0.2) is 38.2 Å². The van der Waals surface area contributed by atoms with Gasteiger partial charge in [-0.2, -0.15) is 0 Å². The van der Waals surface area contributed by atoms with Crippen LogP contribution in [0.25, 0.3) is 0 Å².